The van der Waals surface area contributed by atoms with Crippen LogP contribution in [0.15, 0.2) is 0 Å². The molecular weight excluding hydrogens is 282 g/mol. The first-order chi connectivity index (χ1) is 10.7. The molecule has 0 aromatic rings. The van der Waals surface area contributed by atoms with Gasteiger partial charge in [-0.2, -0.15) is 0 Å². The van der Waals surface area contributed by atoms with E-state index in [0.717, 1.165) is 51.9 Å². The molecular formula is C16H27N3O3. The predicted octanol–water partition coefficient (Wildman–Crippen LogP) is 0.321. The highest BCUT2D eigenvalue weighted by Crippen LogP contribution is 2.17. The van der Waals surface area contributed by atoms with Crippen molar-refractivity contribution in [3.63, 3.8) is 0 Å². The van der Waals surface area contributed by atoms with Gasteiger partial charge in [-0.05, 0) is 32.6 Å². The molecule has 3 saturated heterocycles. The van der Waals surface area contributed by atoms with Gasteiger partial charge in [0, 0.05) is 45.9 Å². The monoisotopic (exact) mass is 309 g/mol. The second kappa shape index (κ2) is 6.96. The summed E-state index contributed by atoms with van der Waals surface area (Å²) in [4.78, 5) is 30.9. The lowest BCUT2D eigenvalue weighted by Crippen LogP contribution is -2.56. The third kappa shape index (κ3) is 3.27. The van der Waals surface area contributed by atoms with Gasteiger partial charge in [-0.15, -0.1) is 0 Å². The van der Waals surface area contributed by atoms with Crippen LogP contribution in [0.2, 0.25) is 0 Å². The molecule has 2 amide bonds. The zero-order valence-corrected chi connectivity index (χ0v) is 13.5. The molecule has 124 valence electrons. The van der Waals surface area contributed by atoms with Gasteiger partial charge in [0.15, 0.2) is 0 Å². The number of hydrogen-bond acceptors (Lipinski definition) is 4. The van der Waals surface area contributed by atoms with Crippen molar-refractivity contribution in [3.8, 4) is 0 Å². The number of rotatable bonds is 3. The Morgan fingerprint density at radius 1 is 0.955 bits per heavy atom. The number of carbonyl (C=O) groups excluding carboxylic acids is 2. The molecule has 3 fully saturated rings. The summed E-state index contributed by atoms with van der Waals surface area (Å²) in [7, 11) is 0. The first-order valence-corrected chi connectivity index (χ1v) is 8.60. The fourth-order valence-corrected chi connectivity index (χ4v) is 3.66. The van der Waals surface area contributed by atoms with Crippen molar-refractivity contribution < 1.29 is 14.3 Å². The quantitative estimate of drug-likeness (QED) is 0.753. The number of ether oxygens (including phenoxy) is 1. The summed E-state index contributed by atoms with van der Waals surface area (Å²) in [5.74, 6) is 0.382. The van der Waals surface area contributed by atoms with Crippen LogP contribution in [-0.4, -0.2) is 84.5 Å². The van der Waals surface area contributed by atoms with Crippen molar-refractivity contribution in [2.45, 2.75) is 44.8 Å². The minimum atomic E-state index is -0.227. The van der Waals surface area contributed by atoms with E-state index in [9.17, 15) is 9.59 Å². The van der Waals surface area contributed by atoms with Gasteiger partial charge >= 0.3 is 0 Å². The minimum absolute atomic E-state index is 0.0712. The summed E-state index contributed by atoms with van der Waals surface area (Å²) in [6.45, 7) is 7.47. The zero-order valence-electron chi connectivity index (χ0n) is 13.5. The van der Waals surface area contributed by atoms with Gasteiger partial charge in [0.05, 0.1) is 6.04 Å². The van der Waals surface area contributed by atoms with E-state index in [1.165, 1.54) is 0 Å². The second-order valence-electron chi connectivity index (χ2n) is 6.57. The molecule has 0 spiro atoms. The van der Waals surface area contributed by atoms with Crippen LogP contribution >= 0.6 is 0 Å². The summed E-state index contributed by atoms with van der Waals surface area (Å²) in [6.07, 6.45) is 3.86. The lowest BCUT2D eigenvalue weighted by molar-refractivity contribution is -0.144. The highest BCUT2D eigenvalue weighted by atomic mass is 16.5. The number of likely N-dealkylation sites (tertiary alicyclic amines) is 1. The number of piperazine rings is 1. The second-order valence-corrected chi connectivity index (χ2v) is 6.57. The molecule has 2 atom stereocenters. The molecule has 0 N–H and O–H groups in total. The number of hydrogen-bond donors (Lipinski definition) is 0. The first kappa shape index (κ1) is 15.7. The van der Waals surface area contributed by atoms with Crippen LogP contribution in [0.5, 0.6) is 0 Å². The highest BCUT2D eigenvalue weighted by molar-refractivity contribution is 5.82. The van der Waals surface area contributed by atoms with Crippen molar-refractivity contribution in [1.29, 1.82) is 0 Å². The molecule has 0 saturated carbocycles. The highest BCUT2D eigenvalue weighted by Gasteiger charge is 2.33. The van der Waals surface area contributed by atoms with Crippen molar-refractivity contribution in [3.05, 3.63) is 0 Å². The molecule has 2 unspecified atom stereocenters. The van der Waals surface area contributed by atoms with Gasteiger partial charge in [-0.1, -0.05) is 0 Å². The van der Waals surface area contributed by atoms with Gasteiger partial charge < -0.3 is 14.5 Å². The maximum Gasteiger partial charge on any atom is 0.251 e. The fraction of sp³-hybridized carbons (Fsp3) is 0.875. The van der Waals surface area contributed by atoms with Crippen molar-refractivity contribution >= 4 is 11.8 Å². The van der Waals surface area contributed by atoms with E-state index in [1.54, 1.807) is 0 Å². The van der Waals surface area contributed by atoms with E-state index < -0.39 is 0 Å². The van der Waals surface area contributed by atoms with Crippen LogP contribution in [0.1, 0.15) is 32.6 Å². The van der Waals surface area contributed by atoms with E-state index in [1.807, 2.05) is 16.7 Å². The molecule has 3 rings (SSSR count). The maximum atomic E-state index is 12.5. The molecule has 6 heteroatoms. The molecule has 0 aliphatic carbocycles. The Morgan fingerprint density at radius 2 is 1.64 bits per heavy atom. The molecule has 0 aromatic heterocycles. The van der Waals surface area contributed by atoms with Gasteiger partial charge in [0.25, 0.3) is 5.91 Å². The SMILES string of the molecule is CC(C(=O)N1CCCC1)N1CCN(C(=O)C2CCCO2)CC1. The standard InChI is InChI=1S/C16H27N3O3/c1-13(15(20)18-6-2-3-7-18)17-8-10-19(11-9-17)16(21)14-5-4-12-22-14/h13-14H,2-12H2,1H3. The molecule has 0 bridgehead atoms. The van der Waals surface area contributed by atoms with E-state index >= 15 is 0 Å². The Labute approximate surface area is 132 Å². The lowest BCUT2D eigenvalue weighted by Gasteiger charge is -2.39. The number of carbonyl (C=O) groups is 2. The Morgan fingerprint density at radius 3 is 2.23 bits per heavy atom. The molecule has 22 heavy (non-hydrogen) atoms. The summed E-state index contributed by atoms with van der Waals surface area (Å²) < 4.78 is 5.48. The van der Waals surface area contributed by atoms with Crippen LogP contribution in [0.25, 0.3) is 0 Å². The Hall–Kier alpha value is -1.14. The summed E-state index contributed by atoms with van der Waals surface area (Å²) >= 11 is 0. The first-order valence-electron chi connectivity index (χ1n) is 8.60. The maximum absolute atomic E-state index is 12.5. The van der Waals surface area contributed by atoms with Crippen molar-refractivity contribution in [2.75, 3.05) is 45.9 Å². The molecule has 0 radical (unpaired) electrons. The number of amides is 2. The normalized spacial score (nSPS) is 28.1. The van der Waals surface area contributed by atoms with Crippen LogP contribution in [0.4, 0.5) is 0 Å². The van der Waals surface area contributed by atoms with Crippen LogP contribution < -0.4 is 0 Å². The van der Waals surface area contributed by atoms with E-state index in [2.05, 4.69) is 4.90 Å². The summed E-state index contributed by atoms with van der Waals surface area (Å²) in [5.41, 5.74) is 0. The Kier molecular flexibility index (Phi) is 4.98. The molecule has 0 aromatic carbocycles. The fourth-order valence-electron chi connectivity index (χ4n) is 3.66. The third-order valence-corrected chi connectivity index (χ3v) is 5.15. The third-order valence-electron chi connectivity index (χ3n) is 5.15. The largest absolute Gasteiger partial charge is 0.368 e. The van der Waals surface area contributed by atoms with Crippen LogP contribution in [0.3, 0.4) is 0 Å². The Bertz CT molecular complexity index is 409. The minimum Gasteiger partial charge on any atom is -0.368 e. The molecule has 3 aliphatic rings. The Balaban J connectivity index is 1.48. The van der Waals surface area contributed by atoms with Crippen LogP contribution in [-0.2, 0) is 14.3 Å². The topological polar surface area (TPSA) is 53.1 Å². The van der Waals surface area contributed by atoms with E-state index in [0.29, 0.717) is 19.7 Å². The van der Waals surface area contributed by atoms with Gasteiger partial charge in [0.1, 0.15) is 6.10 Å². The van der Waals surface area contributed by atoms with E-state index in [-0.39, 0.29) is 24.0 Å². The van der Waals surface area contributed by atoms with E-state index in [4.69, 9.17) is 4.74 Å². The van der Waals surface area contributed by atoms with Gasteiger partial charge in [0.2, 0.25) is 5.91 Å². The molecule has 3 heterocycles. The van der Waals surface area contributed by atoms with Gasteiger partial charge in [-0.3, -0.25) is 14.5 Å². The summed E-state index contributed by atoms with van der Waals surface area (Å²) in [6, 6.07) is -0.0712. The lowest BCUT2D eigenvalue weighted by atomic mass is 10.1. The van der Waals surface area contributed by atoms with Gasteiger partial charge in [-0.25, -0.2) is 0 Å². The average molecular weight is 309 g/mol. The molecule has 3 aliphatic heterocycles. The van der Waals surface area contributed by atoms with Crippen LogP contribution in [0, 0.1) is 0 Å². The smallest absolute Gasteiger partial charge is 0.251 e. The zero-order chi connectivity index (χ0) is 15.5. The van der Waals surface area contributed by atoms with Crippen molar-refractivity contribution in [1.82, 2.24) is 14.7 Å². The number of nitrogens with zero attached hydrogens (tertiary/aromatic N) is 3. The average Bonchev–Trinajstić information content (AvgIpc) is 3.26. The summed E-state index contributed by atoms with van der Waals surface area (Å²) in [5, 5.41) is 0. The predicted molar refractivity (Wildman–Crippen MR) is 82.4 cm³/mol. The molecule has 6 nitrogen and oxygen atoms in total. The van der Waals surface area contributed by atoms with Crippen molar-refractivity contribution in [2.24, 2.45) is 0 Å².